The molecule has 0 aromatic heterocycles. The molecule has 17 heavy (non-hydrogen) atoms. The van der Waals surface area contributed by atoms with Crippen LogP contribution in [0.4, 0.5) is 0 Å². The summed E-state index contributed by atoms with van der Waals surface area (Å²) in [7, 11) is 0. The number of hydrogen-bond donors (Lipinski definition) is 0. The van der Waals surface area contributed by atoms with E-state index in [0.29, 0.717) is 6.42 Å². The fourth-order valence-corrected chi connectivity index (χ4v) is 3.35. The predicted molar refractivity (Wildman–Crippen MR) is 63.0 cm³/mol. The van der Waals surface area contributed by atoms with Gasteiger partial charge in [0.2, 0.25) is 0 Å². The minimum Gasteiger partial charge on any atom is -0.452 e. The zero-order chi connectivity index (χ0) is 12.5. The number of fused-ring (bicyclic) bond motifs is 1. The van der Waals surface area contributed by atoms with E-state index in [4.69, 9.17) is 11.2 Å². The molecule has 2 aliphatic rings. The fourth-order valence-electron chi connectivity index (χ4n) is 3.35. The molecule has 3 atom stereocenters. The van der Waals surface area contributed by atoms with E-state index in [1.54, 1.807) is 0 Å². The maximum absolute atomic E-state index is 12.2. The molecule has 3 nitrogen and oxygen atoms in total. The van der Waals surface area contributed by atoms with E-state index >= 15 is 0 Å². The maximum Gasteiger partial charge on any atom is 0.317 e. The zero-order valence-electron chi connectivity index (χ0n) is 10.2. The van der Waals surface area contributed by atoms with Gasteiger partial charge in [0.15, 0.2) is 12.4 Å². The van der Waals surface area contributed by atoms with Gasteiger partial charge in [-0.2, -0.15) is 0 Å². The molecular weight excluding hydrogens is 216 g/mol. The van der Waals surface area contributed by atoms with Crippen molar-refractivity contribution in [3.63, 3.8) is 0 Å². The van der Waals surface area contributed by atoms with Crippen molar-refractivity contribution in [3.8, 4) is 12.3 Å². The molecule has 2 saturated carbocycles. The van der Waals surface area contributed by atoms with E-state index in [9.17, 15) is 9.59 Å². The lowest BCUT2D eigenvalue weighted by Gasteiger charge is -2.34. The quantitative estimate of drug-likeness (QED) is 0.416. The van der Waals surface area contributed by atoms with E-state index < -0.39 is 11.9 Å². The molecule has 0 radical (unpaired) electrons. The van der Waals surface area contributed by atoms with Crippen molar-refractivity contribution >= 4 is 11.8 Å². The summed E-state index contributed by atoms with van der Waals surface area (Å²) >= 11 is 0. The minimum absolute atomic E-state index is 0.00909. The number of carbonyl (C=O) groups excluding carboxylic acids is 2. The minimum atomic E-state index is -0.573. The molecular formula is C14H18O3. The van der Waals surface area contributed by atoms with Gasteiger partial charge in [-0.05, 0) is 24.7 Å². The molecule has 3 heteroatoms. The molecule has 0 spiro atoms. The molecule has 2 aliphatic carbocycles. The third kappa shape index (κ3) is 2.09. The Balaban J connectivity index is 2.09. The van der Waals surface area contributed by atoms with Crippen molar-refractivity contribution in [2.24, 2.45) is 17.3 Å². The Morgan fingerprint density at radius 1 is 1.59 bits per heavy atom. The summed E-state index contributed by atoms with van der Waals surface area (Å²) in [4.78, 5) is 24.0. The van der Waals surface area contributed by atoms with Crippen LogP contribution >= 0.6 is 0 Å². The molecule has 1 unspecified atom stereocenters. The molecule has 0 heterocycles. The number of terminal acetylenes is 1. The number of ketones is 1. The van der Waals surface area contributed by atoms with Crippen LogP contribution in [0.2, 0.25) is 0 Å². The van der Waals surface area contributed by atoms with Gasteiger partial charge in [0.25, 0.3) is 0 Å². The average molecular weight is 234 g/mol. The van der Waals surface area contributed by atoms with Crippen molar-refractivity contribution in [1.82, 2.24) is 0 Å². The molecule has 0 saturated heterocycles. The average Bonchev–Trinajstić information content (AvgIpc) is 2.59. The Morgan fingerprint density at radius 3 is 3.00 bits per heavy atom. The Bertz CT molecular complexity index is 379. The third-order valence-corrected chi connectivity index (χ3v) is 4.27. The number of ether oxygens (including phenoxy) is 1. The van der Waals surface area contributed by atoms with Crippen molar-refractivity contribution < 1.29 is 14.3 Å². The second-order valence-electron chi connectivity index (χ2n) is 5.42. The molecule has 0 aromatic carbocycles. The molecule has 2 fully saturated rings. The second-order valence-corrected chi connectivity index (χ2v) is 5.42. The van der Waals surface area contributed by atoms with Crippen LogP contribution in [0.1, 0.15) is 39.0 Å². The molecule has 92 valence electrons. The normalized spacial score (nSPS) is 36.1. The van der Waals surface area contributed by atoms with E-state index in [1.165, 1.54) is 0 Å². The predicted octanol–water partition coefficient (Wildman–Crippen LogP) is 1.95. The lowest BCUT2D eigenvalue weighted by atomic mass is 9.69. The van der Waals surface area contributed by atoms with E-state index in [0.717, 1.165) is 25.7 Å². The smallest absolute Gasteiger partial charge is 0.317 e. The molecule has 2 rings (SSSR count). The first-order valence-corrected chi connectivity index (χ1v) is 6.22. The highest BCUT2D eigenvalue weighted by Crippen LogP contribution is 2.52. The van der Waals surface area contributed by atoms with Crippen LogP contribution in [-0.4, -0.2) is 18.4 Å². The fraction of sp³-hybridized carbons (Fsp3) is 0.714. The summed E-state index contributed by atoms with van der Waals surface area (Å²) in [5.41, 5.74) is 0.00909. The summed E-state index contributed by atoms with van der Waals surface area (Å²) in [5, 5.41) is 0. The van der Waals surface area contributed by atoms with E-state index in [2.05, 4.69) is 12.8 Å². The number of hydrogen-bond acceptors (Lipinski definition) is 3. The molecule has 0 amide bonds. The van der Waals surface area contributed by atoms with E-state index in [-0.39, 0.29) is 23.7 Å². The number of Topliss-reactive ketones (excluding diaryl/α,β-unsaturated/α-hetero) is 1. The lowest BCUT2D eigenvalue weighted by molar-refractivity contribution is -0.150. The highest BCUT2D eigenvalue weighted by Gasteiger charge is 2.53. The Morgan fingerprint density at radius 2 is 2.35 bits per heavy atom. The van der Waals surface area contributed by atoms with Gasteiger partial charge >= 0.3 is 5.97 Å². The molecule has 0 aliphatic heterocycles. The van der Waals surface area contributed by atoms with Gasteiger partial charge in [-0.25, -0.2) is 0 Å². The topological polar surface area (TPSA) is 43.4 Å². The molecule has 0 bridgehead atoms. The summed E-state index contributed by atoms with van der Waals surface area (Å²) in [6.07, 6.45) is 9.90. The molecule has 0 N–H and O–H groups in total. The SMILES string of the molecule is C#CCOC(=O)C1C[C@]2(C)CCCC[C@@H]2C1=O. The van der Waals surface area contributed by atoms with Gasteiger partial charge in [-0.3, -0.25) is 9.59 Å². The standard InChI is InChI=1S/C14H18O3/c1-3-8-17-13(16)10-9-14(2)7-5-4-6-11(14)12(10)15/h1,10-11H,4-9H2,2H3/t10?,11-,14+/m1/s1. The van der Waals surface area contributed by atoms with Crippen LogP contribution in [0.25, 0.3) is 0 Å². The largest absolute Gasteiger partial charge is 0.452 e. The van der Waals surface area contributed by atoms with Gasteiger partial charge in [0.1, 0.15) is 5.92 Å². The van der Waals surface area contributed by atoms with Gasteiger partial charge in [-0.15, -0.1) is 6.42 Å². The van der Waals surface area contributed by atoms with Gasteiger partial charge in [-0.1, -0.05) is 25.7 Å². The first-order valence-electron chi connectivity index (χ1n) is 6.22. The van der Waals surface area contributed by atoms with Crippen LogP contribution in [0.3, 0.4) is 0 Å². The first-order chi connectivity index (χ1) is 8.08. The number of rotatable bonds is 2. The van der Waals surface area contributed by atoms with Crippen LogP contribution in [0, 0.1) is 29.6 Å². The van der Waals surface area contributed by atoms with Crippen LogP contribution in [0.15, 0.2) is 0 Å². The number of esters is 1. The Hall–Kier alpha value is -1.30. The number of carbonyl (C=O) groups is 2. The molecule has 0 aromatic rings. The Kier molecular flexibility index (Phi) is 3.24. The monoisotopic (exact) mass is 234 g/mol. The first kappa shape index (κ1) is 12.2. The van der Waals surface area contributed by atoms with Gasteiger partial charge in [0, 0.05) is 5.92 Å². The van der Waals surface area contributed by atoms with Crippen molar-refractivity contribution in [3.05, 3.63) is 0 Å². The lowest BCUT2D eigenvalue weighted by Crippen LogP contribution is -2.29. The Labute approximate surface area is 102 Å². The van der Waals surface area contributed by atoms with Gasteiger partial charge < -0.3 is 4.74 Å². The zero-order valence-corrected chi connectivity index (χ0v) is 10.2. The van der Waals surface area contributed by atoms with Crippen molar-refractivity contribution in [1.29, 1.82) is 0 Å². The van der Waals surface area contributed by atoms with Crippen LogP contribution < -0.4 is 0 Å². The van der Waals surface area contributed by atoms with Gasteiger partial charge in [0.05, 0.1) is 0 Å². The van der Waals surface area contributed by atoms with Crippen molar-refractivity contribution in [2.75, 3.05) is 6.61 Å². The summed E-state index contributed by atoms with van der Waals surface area (Å²) in [6, 6.07) is 0. The second kappa shape index (κ2) is 4.52. The highest BCUT2D eigenvalue weighted by molar-refractivity contribution is 6.02. The maximum atomic E-state index is 12.2. The highest BCUT2D eigenvalue weighted by atomic mass is 16.5. The third-order valence-electron chi connectivity index (χ3n) is 4.27. The summed E-state index contributed by atoms with van der Waals surface area (Å²) in [6.45, 7) is 2.09. The summed E-state index contributed by atoms with van der Waals surface area (Å²) < 4.78 is 4.90. The van der Waals surface area contributed by atoms with Crippen LogP contribution in [0.5, 0.6) is 0 Å². The van der Waals surface area contributed by atoms with Crippen molar-refractivity contribution in [2.45, 2.75) is 39.0 Å². The summed E-state index contributed by atoms with van der Waals surface area (Å²) in [5.74, 6) is 1.39. The van der Waals surface area contributed by atoms with Crippen LogP contribution in [-0.2, 0) is 14.3 Å². The van der Waals surface area contributed by atoms with E-state index in [1.807, 2.05) is 0 Å².